The lowest BCUT2D eigenvalue weighted by Crippen LogP contribution is -2.06. The van der Waals surface area contributed by atoms with Gasteiger partial charge in [0.25, 0.3) is 0 Å². The minimum Gasteiger partial charge on any atom is -0.492 e. The van der Waals surface area contributed by atoms with E-state index in [1.54, 1.807) is 12.1 Å². The van der Waals surface area contributed by atoms with E-state index in [1.807, 2.05) is 31.2 Å². The van der Waals surface area contributed by atoms with Crippen LogP contribution in [0.15, 0.2) is 48.5 Å². The van der Waals surface area contributed by atoms with Gasteiger partial charge in [-0.05, 0) is 37.0 Å². The van der Waals surface area contributed by atoms with Crippen LogP contribution in [-0.4, -0.2) is 17.7 Å². The molecule has 0 spiro atoms. The predicted molar refractivity (Wildman–Crippen MR) is 78.4 cm³/mol. The molecule has 0 aliphatic heterocycles. The number of ether oxygens (including phenoxy) is 1. The maximum Gasteiger partial charge on any atom is 0.339 e. The van der Waals surface area contributed by atoms with Crippen LogP contribution in [0.2, 0.25) is 0 Å². The fourth-order valence-electron chi connectivity index (χ4n) is 2.11. The van der Waals surface area contributed by atoms with Crippen molar-refractivity contribution in [2.75, 3.05) is 6.61 Å². The van der Waals surface area contributed by atoms with E-state index in [0.717, 1.165) is 18.4 Å². The number of carboxylic acid groups (broad SMARTS) is 1. The van der Waals surface area contributed by atoms with Crippen LogP contribution in [0.5, 0.6) is 5.75 Å². The van der Waals surface area contributed by atoms with E-state index < -0.39 is 5.97 Å². The van der Waals surface area contributed by atoms with E-state index in [4.69, 9.17) is 9.84 Å². The quantitative estimate of drug-likeness (QED) is 0.814. The van der Waals surface area contributed by atoms with Gasteiger partial charge in [-0.15, -0.1) is 0 Å². The molecule has 104 valence electrons. The van der Waals surface area contributed by atoms with Gasteiger partial charge in [-0.25, -0.2) is 4.79 Å². The molecule has 0 amide bonds. The average molecular weight is 270 g/mol. The van der Waals surface area contributed by atoms with Crippen molar-refractivity contribution in [2.24, 2.45) is 0 Å². The molecule has 0 radical (unpaired) electrons. The van der Waals surface area contributed by atoms with E-state index in [0.29, 0.717) is 12.4 Å². The van der Waals surface area contributed by atoms with Gasteiger partial charge >= 0.3 is 5.97 Å². The topological polar surface area (TPSA) is 46.5 Å². The molecular weight excluding hydrogens is 252 g/mol. The van der Waals surface area contributed by atoms with Crippen molar-refractivity contribution in [3.63, 3.8) is 0 Å². The molecule has 2 aromatic carbocycles. The Balaban J connectivity index is 1.93. The Morgan fingerprint density at radius 3 is 2.55 bits per heavy atom. The van der Waals surface area contributed by atoms with E-state index >= 15 is 0 Å². The summed E-state index contributed by atoms with van der Waals surface area (Å²) in [5.74, 6) is -0.472. The molecular formula is C17H18O3. The predicted octanol–water partition coefficient (Wildman–Crippen LogP) is 3.70. The Kier molecular flexibility index (Phi) is 4.77. The van der Waals surface area contributed by atoms with Crippen LogP contribution < -0.4 is 4.74 Å². The van der Waals surface area contributed by atoms with Crippen molar-refractivity contribution in [2.45, 2.75) is 19.8 Å². The number of hydrogen-bond donors (Lipinski definition) is 1. The number of hydrogen-bond acceptors (Lipinski definition) is 2. The smallest absolute Gasteiger partial charge is 0.339 e. The summed E-state index contributed by atoms with van der Waals surface area (Å²) in [5, 5.41) is 9.14. The molecule has 0 saturated heterocycles. The Hall–Kier alpha value is -2.29. The van der Waals surface area contributed by atoms with Crippen LogP contribution in [0.4, 0.5) is 0 Å². The fraction of sp³-hybridized carbons (Fsp3) is 0.235. The second-order valence-corrected chi connectivity index (χ2v) is 4.69. The summed E-state index contributed by atoms with van der Waals surface area (Å²) in [6, 6.07) is 15.3. The molecule has 0 bridgehead atoms. The number of benzene rings is 2. The summed E-state index contributed by atoms with van der Waals surface area (Å²) in [4.78, 5) is 11.1. The van der Waals surface area contributed by atoms with E-state index in [1.165, 1.54) is 5.56 Å². The lowest BCUT2D eigenvalue weighted by atomic mass is 10.1. The maximum absolute atomic E-state index is 11.1. The second kappa shape index (κ2) is 6.75. The van der Waals surface area contributed by atoms with Crippen molar-refractivity contribution >= 4 is 5.97 Å². The van der Waals surface area contributed by atoms with E-state index in [-0.39, 0.29) is 5.56 Å². The standard InChI is InChI=1S/C17H18O3/c1-13-7-5-11-15(17(18)19)16(13)20-12-6-10-14-8-3-2-4-9-14/h2-5,7-9,11H,6,10,12H2,1H3,(H,18,19). The number of rotatable bonds is 6. The van der Waals surface area contributed by atoms with Crippen molar-refractivity contribution < 1.29 is 14.6 Å². The van der Waals surface area contributed by atoms with Crippen LogP contribution in [0, 0.1) is 6.92 Å². The Bertz CT molecular complexity index is 576. The van der Waals surface area contributed by atoms with Gasteiger partial charge in [-0.1, -0.05) is 42.5 Å². The molecule has 0 aliphatic rings. The summed E-state index contributed by atoms with van der Waals surface area (Å²) in [6.07, 6.45) is 1.78. The molecule has 20 heavy (non-hydrogen) atoms. The van der Waals surface area contributed by atoms with Gasteiger partial charge in [0, 0.05) is 0 Å². The summed E-state index contributed by atoms with van der Waals surface area (Å²) in [6.45, 7) is 2.37. The first-order valence-corrected chi connectivity index (χ1v) is 6.68. The number of para-hydroxylation sites is 1. The first kappa shape index (κ1) is 14.1. The highest BCUT2D eigenvalue weighted by atomic mass is 16.5. The Morgan fingerprint density at radius 2 is 1.85 bits per heavy atom. The van der Waals surface area contributed by atoms with Gasteiger partial charge in [-0.2, -0.15) is 0 Å². The maximum atomic E-state index is 11.1. The lowest BCUT2D eigenvalue weighted by Gasteiger charge is -2.11. The zero-order valence-corrected chi connectivity index (χ0v) is 11.5. The summed E-state index contributed by atoms with van der Waals surface area (Å²) in [5.41, 5.74) is 2.34. The average Bonchev–Trinajstić information content (AvgIpc) is 2.45. The summed E-state index contributed by atoms with van der Waals surface area (Å²) < 4.78 is 5.67. The third-order valence-corrected chi connectivity index (χ3v) is 3.14. The summed E-state index contributed by atoms with van der Waals surface area (Å²) in [7, 11) is 0. The normalized spacial score (nSPS) is 10.2. The van der Waals surface area contributed by atoms with Gasteiger partial charge in [0.2, 0.25) is 0 Å². The lowest BCUT2D eigenvalue weighted by molar-refractivity contribution is 0.0692. The van der Waals surface area contributed by atoms with Crippen molar-refractivity contribution in [3.05, 3.63) is 65.2 Å². The molecule has 0 atom stereocenters. The monoisotopic (exact) mass is 270 g/mol. The molecule has 0 unspecified atom stereocenters. The Morgan fingerprint density at radius 1 is 1.10 bits per heavy atom. The molecule has 3 heteroatoms. The number of aromatic carboxylic acids is 1. The van der Waals surface area contributed by atoms with Crippen LogP contribution in [-0.2, 0) is 6.42 Å². The zero-order chi connectivity index (χ0) is 14.4. The first-order chi connectivity index (χ1) is 9.68. The molecule has 0 aromatic heterocycles. The van der Waals surface area contributed by atoms with Gasteiger partial charge in [-0.3, -0.25) is 0 Å². The molecule has 0 heterocycles. The molecule has 0 fully saturated rings. The van der Waals surface area contributed by atoms with Gasteiger partial charge < -0.3 is 9.84 Å². The number of aryl methyl sites for hydroxylation is 2. The minimum atomic E-state index is -0.952. The summed E-state index contributed by atoms with van der Waals surface area (Å²) >= 11 is 0. The van der Waals surface area contributed by atoms with Gasteiger partial charge in [0.15, 0.2) is 0 Å². The zero-order valence-electron chi connectivity index (χ0n) is 11.5. The minimum absolute atomic E-state index is 0.227. The van der Waals surface area contributed by atoms with Crippen LogP contribution in [0.3, 0.4) is 0 Å². The van der Waals surface area contributed by atoms with Crippen LogP contribution in [0.1, 0.15) is 27.9 Å². The highest BCUT2D eigenvalue weighted by Crippen LogP contribution is 2.23. The van der Waals surface area contributed by atoms with Gasteiger partial charge in [0.05, 0.1) is 6.61 Å². The third kappa shape index (κ3) is 3.60. The molecule has 0 aliphatic carbocycles. The van der Waals surface area contributed by atoms with Crippen molar-refractivity contribution in [3.8, 4) is 5.75 Å². The second-order valence-electron chi connectivity index (χ2n) is 4.69. The van der Waals surface area contributed by atoms with Crippen molar-refractivity contribution in [1.82, 2.24) is 0 Å². The largest absolute Gasteiger partial charge is 0.492 e. The molecule has 0 saturated carbocycles. The third-order valence-electron chi connectivity index (χ3n) is 3.14. The van der Waals surface area contributed by atoms with E-state index in [9.17, 15) is 4.79 Å². The molecule has 2 rings (SSSR count). The van der Waals surface area contributed by atoms with Gasteiger partial charge in [0.1, 0.15) is 11.3 Å². The molecule has 3 nitrogen and oxygen atoms in total. The van der Waals surface area contributed by atoms with Crippen LogP contribution in [0.25, 0.3) is 0 Å². The molecule has 2 aromatic rings. The SMILES string of the molecule is Cc1cccc(C(=O)O)c1OCCCc1ccccc1. The highest BCUT2D eigenvalue weighted by molar-refractivity contribution is 5.91. The number of carboxylic acids is 1. The first-order valence-electron chi connectivity index (χ1n) is 6.68. The fourth-order valence-corrected chi connectivity index (χ4v) is 2.11. The van der Waals surface area contributed by atoms with Crippen LogP contribution >= 0.6 is 0 Å². The molecule has 1 N–H and O–H groups in total. The van der Waals surface area contributed by atoms with Crippen molar-refractivity contribution in [1.29, 1.82) is 0 Å². The van der Waals surface area contributed by atoms with E-state index in [2.05, 4.69) is 12.1 Å². The number of carbonyl (C=O) groups is 1. The Labute approximate surface area is 118 Å². The highest BCUT2D eigenvalue weighted by Gasteiger charge is 2.12.